The number of hydrogen-bond donors (Lipinski definition) is 1. The van der Waals surface area contributed by atoms with E-state index in [0.29, 0.717) is 18.8 Å². The van der Waals surface area contributed by atoms with E-state index in [4.69, 9.17) is 9.84 Å². The molecule has 2 rings (SSSR count). The summed E-state index contributed by atoms with van der Waals surface area (Å²) in [5, 5.41) is 8.88. The molecule has 0 radical (unpaired) electrons. The van der Waals surface area contributed by atoms with Crippen LogP contribution >= 0.6 is 15.9 Å². The van der Waals surface area contributed by atoms with E-state index < -0.39 is 0 Å². The third kappa shape index (κ3) is 3.03. The Morgan fingerprint density at radius 3 is 2.89 bits per heavy atom. The van der Waals surface area contributed by atoms with Gasteiger partial charge in [-0.25, -0.2) is 0 Å². The van der Waals surface area contributed by atoms with E-state index in [1.807, 2.05) is 25.1 Å². The molecular formula is C13H16BrNO3. The number of hydrogen-bond acceptors (Lipinski definition) is 3. The van der Waals surface area contributed by atoms with Crippen LogP contribution in [0.15, 0.2) is 22.7 Å². The molecule has 1 amide bonds. The van der Waals surface area contributed by atoms with Crippen LogP contribution in [-0.2, 0) is 4.79 Å². The minimum Gasteiger partial charge on any atom is -0.483 e. The minimum atomic E-state index is -0.0350. The van der Waals surface area contributed by atoms with Crippen LogP contribution in [0.3, 0.4) is 0 Å². The molecule has 1 aromatic carbocycles. The van der Waals surface area contributed by atoms with Gasteiger partial charge in [0.05, 0.1) is 4.47 Å². The van der Waals surface area contributed by atoms with E-state index in [1.165, 1.54) is 0 Å². The molecule has 0 spiro atoms. The number of amides is 1. The van der Waals surface area contributed by atoms with Crippen molar-refractivity contribution in [2.75, 3.05) is 26.3 Å². The smallest absolute Gasteiger partial charge is 0.260 e. The van der Waals surface area contributed by atoms with Crippen LogP contribution < -0.4 is 4.74 Å². The molecule has 0 unspecified atom stereocenters. The Balaban J connectivity index is 1.83. The van der Waals surface area contributed by atoms with Gasteiger partial charge in [-0.15, -0.1) is 0 Å². The molecule has 1 saturated heterocycles. The van der Waals surface area contributed by atoms with Crippen LogP contribution in [0, 0.1) is 12.8 Å². The van der Waals surface area contributed by atoms with Crippen molar-refractivity contribution < 1.29 is 14.6 Å². The summed E-state index contributed by atoms with van der Waals surface area (Å²) in [5.74, 6) is 0.875. The number of aliphatic hydroxyl groups is 1. The average Bonchev–Trinajstić information content (AvgIpc) is 2.26. The van der Waals surface area contributed by atoms with Gasteiger partial charge in [-0.3, -0.25) is 4.79 Å². The van der Waals surface area contributed by atoms with Crippen molar-refractivity contribution in [3.63, 3.8) is 0 Å². The Kier molecular flexibility index (Phi) is 4.24. The van der Waals surface area contributed by atoms with Crippen LogP contribution in [0.25, 0.3) is 0 Å². The number of carbonyl (C=O) groups is 1. The maximum atomic E-state index is 11.7. The predicted octanol–water partition coefficient (Wildman–Crippen LogP) is 1.59. The molecule has 1 aliphatic heterocycles. The molecule has 4 nitrogen and oxygen atoms in total. The SMILES string of the molecule is Cc1ccc(OCC(=O)N2CC(CO)C2)c(Br)c1. The second kappa shape index (κ2) is 5.71. The van der Waals surface area contributed by atoms with Crippen molar-refractivity contribution in [1.29, 1.82) is 0 Å². The summed E-state index contributed by atoms with van der Waals surface area (Å²) in [5.41, 5.74) is 1.13. The fraction of sp³-hybridized carbons (Fsp3) is 0.462. The molecule has 1 aliphatic rings. The Bertz CT molecular complexity index is 444. The zero-order valence-electron chi connectivity index (χ0n) is 10.2. The highest BCUT2D eigenvalue weighted by atomic mass is 79.9. The second-order valence-electron chi connectivity index (χ2n) is 4.57. The van der Waals surface area contributed by atoms with E-state index in [-0.39, 0.29) is 25.0 Å². The van der Waals surface area contributed by atoms with Gasteiger partial charge in [-0.05, 0) is 40.5 Å². The summed E-state index contributed by atoms with van der Waals surface area (Å²) in [7, 11) is 0. The van der Waals surface area contributed by atoms with Crippen molar-refractivity contribution >= 4 is 21.8 Å². The summed E-state index contributed by atoms with van der Waals surface area (Å²) in [4.78, 5) is 13.4. The van der Waals surface area contributed by atoms with Crippen molar-refractivity contribution in [2.45, 2.75) is 6.92 Å². The van der Waals surface area contributed by atoms with Gasteiger partial charge < -0.3 is 14.7 Å². The monoisotopic (exact) mass is 313 g/mol. The molecule has 98 valence electrons. The second-order valence-corrected chi connectivity index (χ2v) is 5.42. The first-order chi connectivity index (χ1) is 8.60. The lowest BCUT2D eigenvalue weighted by molar-refractivity contribution is -0.140. The van der Waals surface area contributed by atoms with Gasteiger partial charge in [0.2, 0.25) is 0 Å². The highest BCUT2D eigenvalue weighted by Crippen LogP contribution is 2.26. The Hall–Kier alpha value is -1.07. The number of aryl methyl sites for hydroxylation is 1. The molecule has 1 N–H and O–H groups in total. The number of nitrogens with zero attached hydrogens (tertiary/aromatic N) is 1. The highest BCUT2D eigenvalue weighted by Gasteiger charge is 2.29. The molecule has 0 bridgehead atoms. The number of halogens is 1. The predicted molar refractivity (Wildman–Crippen MR) is 71.5 cm³/mol. The maximum Gasteiger partial charge on any atom is 0.260 e. The summed E-state index contributed by atoms with van der Waals surface area (Å²) < 4.78 is 6.33. The number of rotatable bonds is 4. The minimum absolute atomic E-state index is 0.0350. The molecule has 5 heteroatoms. The zero-order valence-corrected chi connectivity index (χ0v) is 11.8. The number of ether oxygens (including phenoxy) is 1. The largest absolute Gasteiger partial charge is 0.483 e. The highest BCUT2D eigenvalue weighted by molar-refractivity contribution is 9.10. The van der Waals surface area contributed by atoms with E-state index in [0.717, 1.165) is 10.0 Å². The maximum absolute atomic E-state index is 11.7. The normalized spacial score (nSPS) is 15.4. The lowest BCUT2D eigenvalue weighted by Gasteiger charge is -2.38. The van der Waals surface area contributed by atoms with Crippen LogP contribution in [0.5, 0.6) is 5.75 Å². The van der Waals surface area contributed by atoms with Gasteiger partial charge in [-0.1, -0.05) is 6.07 Å². The first-order valence-electron chi connectivity index (χ1n) is 5.87. The topological polar surface area (TPSA) is 49.8 Å². The van der Waals surface area contributed by atoms with Crippen molar-refractivity contribution in [2.24, 2.45) is 5.92 Å². The Morgan fingerprint density at radius 2 is 2.28 bits per heavy atom. The third-order valence-electron chi connectivity index (χ3n) is 3.01. The van der Waals surface area contributed by atoms with Crippen LogP contribution in [-0.4, -0.2) is 42.2 Å². The first kappa shape index (κ1) is 13.4. The lowest BCUT2D eigenvalue weighted by atomic mass is 10.0. The van der Waals surface area contributed by atoms with Crippen LogP contribution in [0.1, 0.15) is 5.56 Å². The number of aliphatic hydroxyl groups excluding tert-OH is 1. The molecule has 1 fully saturated rings. The average molecular weight is 314 g/mol. The molecule has 1 heterocycles. The fourth-order valence-electron chi connectivity index (χ4n) is 1.84. The molecular weight excluding hydrogens is 298 g/mol. The van der Waals surface area contributed by atoms with Gasteiger partial charge in [0, 0.05) is 25.6 Å². The van der Waals surface area contributed by atoms with Gasteiger partial charge in [0.25, 0.3) is 5.91 Å². The molecule has 0 atom stereocenters. The van der Waals surface area contributed by atoms with E-state index in [2.05, 4.69) is 15.9 Å². The summed E-state index contributed by atoms with van der Waals surface area (Å²) in [6.45, 7) is 3.45. The fourth-order valence-corrected chi connectivity index (χ4v) is 2.45. The van der Waals surface area contributed by atoms with Crippen molar-refractivity contribution in [1.82, 2.24) is 4.90 Å². The molecule has 1 aromatic rings. The number of likely N-dealkylation sites (tertiary alicyclic amines) is 1. The molecule has 0 aliphatic carbocycles. The van der Waals surface area contributed by atoms with E-state index in [9.17, 15) is 4.79 Å². The summed E-state index contributed by atoms with van der Waals surface area (Å²) in [6, 6.07) is 5.74. The van der Waals surface area contributed by atoms with Gasteiger partial charge >= 0.3 is 0 Å². The number of benzene rings is 1. The quantitative estimate of drug-likeness (QED) is 0.918. The first-order valence-corrected chi connectivity index (χ1v) is 6.67. The third-order valence-corrected chi connectivity index (χ3v) is 3.63. The summed E-state index contributed by atoms with van der Waals surface area (Å²) in [6.07, 6.45) is 0. The van der Waals surface area contributed by atoms with Gasteiger partial charge in [-0.2, -0.15) is 0 Å². The van der Waals surface area contributed by atoms with Crippen molar-refractivity contribution in [3.8, 4) is 5.75 Å². The van der Waals surface area contributed by atoms with Crippen molar-refractivity contribution in [3.05, 3.63) is 28.2 Å². The molecule has 0 saturated carbocycles. The molecule has 18 heavy (non-hydrogen) atoms. The van der Waals surface area contributed by atoms with Gasteiger partial charge in [0.1, 0.15) is 5.75 Å². The Morgan fingerprint density at radius 1 is 1.56 bits per heavy atom. The zero-order chi connectivity index (χ0) is 13.1. The standard InChI is InChI=1S/C13H16BrNO3/c1-9-2-3-12(11(14)4-9)18-8-13(17)15-5-10(6-15)7-16/h2-4,10,16H,5-8H2,1H3. The lowest BCUT2D eigenvalue weighted by Crippen LogP contribution is -2.52. The van der Waals surface area contributed by atoms with Gasteiger partial charge in [0.15, 0.2) is 6.61 Å². The van der Waals surface area contributed by atoms with Crippen LogP contribution in [0.4, 0.5) is 0 Å². The van der Waals surface area contributed by atoms with E-state index in [1.54, 1.807) is 4.90 Å². The number of carbonyl (C=O) groups excluding carboxylic acids is 1. The molecule has 0 aromatic heterocycles. The van der Waals surface area contributed by atoms with E-state index >= 15 is 0 Å². The Labute approximate surface area is 115 Å². The van der Waals surface area contributed by atoms with Crippen LogP contribution in [0.2, 0.25) is 0 Å². The summed E-state index contributed by atoms with van der Waals surface area (Å²) >= 11 is 3.40.